The number of rotatable bonds is 7. The minimum atomic E-state index is -0.183. The van der Waals surface area contributed by atoms with E-state index in [4.69, 9.17) is 5.11 Å². The van der Waals surface area contributed by atoms with Gasteiger partial charge in [0.1, 0.15) is 0 Å². The summed E-state index contributed by atoms with van der Waals surface area (Å²) >= 11 is 0. The predicted octanol–water partition coefficient (Wildman–Crippen LogP) is 13.2. The van der Waals surface area contributed by atoms with E-state index in [1.807, 2.05) is 0 Å². The summed E-state index contributed by atoms with van der Waals surface area (Å²) in [6, 6.07) is 76.9. The van der Waals surface area contributed by atoms with E-state index in [2.05, 4.69) is 235 Å². The van der Waals surface area contributed by atoms with Crippen LogP contribution in [-0.4, -0.2) is 0 Å². The van der Waals surface area contributed by atoms with Crippen molar-refractivity contribution < 1.29 is 4.36 Å². The predicted molar refractivity (Wildman–Crippen MR) is 243 cm³/mol. The average Bonchev–Trinajstić information content (AvgIpc) is 3.81. The summed E-state index contributed by atoms with van der Waals surface area (Å²) in [6.45, 7) is 4.71. The van der Waals surface area contributed by atoms with Crippen LogP contribution in [0.1, 0.15) is 42.1 Å². The summed E-state index contributed by atoms with van der Waals surface area (Å²) in [7, 11) is 0. The number of anilines is 3. The third-order valence-electron chi connectivity index (χ3n) is 12.4. The first kappa shape index (κ1) is 34.9. The summed E-state index contributed by atoms with van der Waals surface area (Å²) in [6.07, 6.45) is 0. The van der Waals surface area contributed by atoms with Gasteiger partial charge >= 0.3 is 0 Å². The molecule has 2 aliphatic rings. The molecule has 0 spiro atoms. The number of pyridine rings is 1. The SMILES string of the molecule is CC1(C)c2ccccc2-c2ccc(N(c3ccc(-c4ccccc4)cc3)c3ccc4cc(-c5ccccc5)[n+]5c(c4c3)=C(c3ccccc3)C(c3ccccc3)N=5)cc21. The second-order valence-electron chi connectivity index (χ2n) is 16.2. The van der Waals surface area contributed by atoms with Crippen LogP contribution < -0.4 is 14.6 Å². The van der Waals surface area contributed by atoms with Crippen molar-refractivity contribution in [2.75, 3.05) is 4.90 Å². The van der Waals surface area contributed by atoms with Crippen molar-refractivity contribution in [2.24, 2.45) is 5.11 Å². The molecule has 9 aromatic rings. The van der Waals surface area contributed by atoms with Crippen molar-refractivity contribution in [3.63, 3.8) is 0 Å². The first-order valence-corrected chi connectivity index (χ1v) is 20.5. The monoisotopic (exact) mass is 756 g/mol. The molecule has 11 rings (SSSR count). The number of hydrogen-bond donors (Lipinski definition) is 0. The Bertz CT molecular complexity index is 3160. The molecule has 2 heterocycles. The number of hydrogen-bond acceptors (Lipinski definition) is 2. The minimum absolute atomic E-state index is 0.132. The molecule has 0 fully saturated rings. The standard InChI is InChI=1S/C56H42N3/c1-56(2)50-26-16-15-25-47(50)48-34-33-46(37-51(48)56)58(44-30-27-39(28-31-44)38-17-7-3-8-18-38)45-32-29-43-35-52(40-19-9-4-10-20-40)59-55(49(43)36-45)53(41-21-11-5-12-22-41)54(57-59)42-23-13-6-14-24-42/h3-37,54H,1-2H3/q+1. The molecule has 0 N–H and O–H groups in total. The van der Waals surface area contributed by atoms with E-state index in [-0.39, 0.29) is 11.5 Å². The lowest BCUT2D eigenvalue weighted by Crippen LogP contribution is -2.38. The molecule has 1 unspecified atom stereocenters. The Morgan fingerprint density at radius 3 is 1.71 bits per heavy atom. The van der Waals surface area contributed by atoms with Crippen LogP contribution in [0.3, 0.4) is 0 Å². The van der Waals surface area contributed by atoms with E-state index >= 15 is 0 Å². The molecule has 1 aliphatic heterocycles. The molecular weight excluding hydrogens is 715 g/mol. The molecule has 1 aromatic heterocycles. The Morgan fingerprint density at radius 1 is 0.458 bits per heavy atom. The zero-order chi connectivity index (χ0) is 39.5. The largest absolute Gasteiger partial charge is 0.310 e. The lowest BCUT2D eigenvalue weighted by molar-refractivity contribution is -0.546. The number of aromatic nitrogens is 1. The average molecular weight is 757 g/mol. The van der Waals surface area contributed by atoms with E-state index in [1.54, 1.807) is 0 Å². The highest BCUT2D eigenvalue weighted by molar-refractivity contribution is 5.94. The highest BCUT2D eigenvalue weighted by atomic mass is 15.2. The summed E-state index contributed by atoms with van der Waals surface area (Å²) in [5.74, 6) is 0. The van der Waals surface area contributed by atoms with Crippen LogP contribution in [0.15, 0.2) is 217 Å². The normalized spacial score (nSPS) is 14.7. The molecule has 280 valence electrons. The first-order valence-electron chi connectivity index (χ1n) is 20.5. The topological polar surface area (TPSA) is 21.5 Å². The molecule has 1 atom stereocenters. The summed E-state index contributed by atoms with van der Waals surface area (Å²) in [4.78, 5) is 2.43. The molecule has 1 aliphatic carbocycles. The molecule has 3 heteroatoms. The number of benzene rings is 8. The Balaban J connectivity index is 1.18. The van der Waals surface area contributed by atoms with Crippen molar-refractivity contribution in [3.05, 3.63) is 240 Å². The van der Waals surface area contributed by atoms with E-state index in [9.17, 15) is 0 Å². The van der Waals surface area contributed by atoms with E-state index in [0.29, 0.717) is 0 Å². The van der Waals surface area contributed by atoms with Gasteiger partial charge in [-0.2, -0.15) is 0 Å². The molecule has 0 saturated carbocycles. The third kappa shape index (κ3) is 5.81. The van der Waals surface area contributed by atoms with Crippen LogP contribution in [0.4, 0.5) is 17.1 Å². The summed E-state index contributed by atoms with van der Waals surface area (Å²) in [5, 5.41) is 9.02. The fourth-order valence-electron chi connectivity index (χ4n) is 9.45. The van der Waals surface area contributed by atoms with Crippen LogP contribution in [0.2, 0.25) is 0 Å². The van der Waals surface area contributed by atoms with Crippen molar-refractivity contribution >= 4 is 33.4 Å². The van der Waals surface area contributed by atoms with Gasteiger partial charge in [0.25, 0.3) is 5.35 Å². The Hall–Kier alpha value is -7.36. The zero-order valence-electron chi connectivity index (χ0n) is 33.1. The van der Waals surface area contributed by atoms with Gasteiger partial charge in [-0.3, -0.25) is 0 Å². The lowest BCUT2D eigenvalue weighted by Gasteiger charge is -2.28. The Morgan fingerprint density at radius 2 is 1.00 bits per heavy atom. The van der Waals surface area contributed by atoms with Gasteiger partial charge in [0.2, 0.25) is 5.69 Å². The molecule has 0 bridgehead atoms. The second-order valence-corrected chi connectivity index (χ2v) is 16.2. The van der Waals surface area contributed by atoms with Crippen LogP contribution in [-0.2, 0) is 5.41 Å². The maximum atomic E-state index is 5.58. The van der Waals surface area contributed by atoms with Crippen molar-refractivity contribution in [1.29, 1.82) is 0 Å². The number of nitrogens with zero attached hydrogens (tertiary/aromatic N) is 3. The summed E-state index contributed by atoms with van der Waals surface area (Å²) < 4.78 is 2.22. The second kappa shape index (κ2) is 13.9. The van der Waals surface area contributed by atoms with Gasteiger partial charge in [0, 0.05) is 34.1 Å². The quantitative estimate of drug-likeness (QED) is 0.148. The lowest BCUT2D eigenvalue weighted by atomic mass is 9.82. The van der Waals surface area contributed by atoms with Crippen LogP contribution in [0.25, 0.3) is 49.9 Å². The van der Waals surface area contributed by atoms with Gasteiger partial charge in [0.15, 0.2) is 6.04 Å². The molecule has 0 amide bonds. The van der Waals surface area contributed by atoms with Crippen molar-refractivity contribution in [2.45, 2.75) is 25.3 Å². The zero-order valence-corrected chi connectivity index (χ0v) is 33.1. The Labute approximate surface area is 345 Å². The molecular formula is C56H42N3+. The summed E-state index contributed by atoms with van der Waals surface area (Å²) in [5.41, 5.74) is 16.7. The molecule has 8 aromatic carbocycles. The van der Waals surface area contributed by atoms with E-state index in [1.165, 1.54) is 55.5 Å². The van der Waals surface area contributed by atoms with Crippen LogP contribution in [0, 0.1) is 0 Å². The van der Waals surface area contributed by atoms with Gasteiger partial charge in [-0.1, -0.05) is 172 Å². The molecule has 0 radical (unpaired) electrons. The third-order valence-corrected chi connectivity index (χ3v) is 12.4. The smallest absolute Gasteiger partial charge is 0.252 e. The first-order chi connectivity index (χ1) is 29.0. The van der Waals surface area contributed by atoms with Gasteiger partial charge in [-0.05, 0) is 108 Å². The van der Waals surface area contributed by atoms with Crippen LogP contribution >= 0.6 is 0 Å². The highest BCUT2D eigenvalue weighted by Gasteiger charge is 2.37. The Kier molecular flexibility index (Phi) is 8.23. The van der Waals surface area contributed by atoms with Gasteiger partial charge in [-0.25, -0.2) is 0 Å². The fourth-order valence-corrected chi connectivity index (χ4v) is 9.45. The fraction of sp³-hybridized carbons (Fsp3) is 0.0714. The molecule has 0 saturated heterocycles. The molecule has 59 heavy (non-hydrogen) atoms. The van der Waals surface area contributed by atoms with E-state index < -0.39 is 0 Å². The highest BCUT2D eigenvalue weighted by Crippen LogP contribution is 2.51. The van der Waals surface area contributed by atoms with Crippen molar-refractivity contribution in [3.8, 4) is 33.5 Å². The maximum Gasteiger partial charge on any atom is 0.252 e. The van der Waals surface area contributed by atoms with Gasteiger partial charge in [0.05, 0.1) is 11.0 Å². The van der Waals surface area contributed by atoms with E-state index in [0.717, 1.165) is 39.1 Å². The van der Waals surface area contributed by atoms with Crippen molar-refractivity contribution in [1.82, 2.24) is 0 Å². The molecule has 3 nitrogen and oxygen atoms in total. The minimum Gasteiger partial charge on any atom is -0.310 e. The maximum absolute atomic E-state index is 5.58. The van der Waals surface area contributed by atoms with Crippen LogP contribution in [0.5, 0.6) is 0 Å². The van der Waals surface area contributed by atoms with Gasteiger partial charge < -0.3 is 4.90 Å². The van der Waals surface area contributed by atoms with Gasteiger partial charge in [-0.15, -0.1) is 0 Å². The number of fused-ring (bicyclic) bond motifs is 6.